The Bertz CT molecular complexity index is 1090. The van der Waals surface area contributed by atoms with Crippen LogP contribution < -0.4 is 10.2 Å². The van der Waals surface area contributed by atoms with Gasteiger partial charge in [0.25, 0.3) is 5.78 Å². The molecule has 9 heteroatoms. The molecule has 4 rings (SSSR count). The van der Waals surface area contributed by atoms with E-state index in [0.29, 0.717) is 38.4 Å². The van der Waals surface area contributed by atoms with E-state index in [-0.39, 0.29) is 17.7 Å². The summed E-state index contributed by atoms with van der Waals surface area (Å²) < 4.78 is 1.73. The predicted molar refractivity (Wildman–Crippen MR) is 121 cm³/mol. The normalized spacial score (nSPS) is 15.2. The van der Waals surface area contributed by atoms with E-state index in [1.54, 1.807) is 4.52 Å². The number of carbonyl (C=O) groups is 2. The highest BCUT2D eigenvalue weighted by Crippen LogP contribution is 2.21. The number of rotatable bonds is 6. The topological polar surface area (TPSA) is 95.7 Å². The average Bonchev–Trinajstić information content (AvgIpc) is 3.25. The highest BCUT2D eigenvalue weighted by atomic mass is 16.2. The number of hydrogen-bond donors (Lipinski definition) is 1. The van der Waals surface area contributed by atoms with Gasteiger partial charge in [-0.2, -0.15) is 14.6 Å². The number of aryl methyl sites for hydroxylation is 1. The van der Waals surface area contributed by atoms with E-state index in [0.717, 1.165) is 17.1 Å². The molecule has 2 aromatic heterocycles. The van der Waals surface area contributed by atoms with Crippen molar-refractivity contribution in [2.24, 2.45) is 5.92 Å². The maximum absolute atomic E-state index is 13.4. The van der Waals surface area contributed by atoms with Crippen molar-refractivity contribution in [1.82, 2.24) is 29.8 Å². The first-order valence-corrected chi connectivity index (χ1v) is 11.0. The highest BCUT2D eigenvalue weighted by molar-refractivity contribution is 5.89. The Hall–Kier alpha value is -3.49. The number of fused-ring (bicyclic) bond motifs is 1. The molecule has 1 fully saturated rings. The molecule has 3 aromatic rings. The lowest BCUT2D eigenvalue weighted by molar-refractivity contribution is -0.137. The van der Waals surface area contributed by atoms with E-state index < -0.39 is 6.04 Å². The molecule has 0 spiro atoms. The zero-order valence-corrected chi connectivity index (χ0v) is 18.7. The predicted octanol–water partition coefficient (Wildman–Crippen LogP) is 1.98. The molecule has 9 nitrogen and oxygen atoms in total. The second-order valence-corrected chi connectivity index (χ2v) is 8.55. The fraction of sp³-hybridized carbons (Fsp3) is 0.435. The smallest absolute Gasteiger partial charge is 0.254 e. The van der Waals surface area contributed by atoms with Crippen molar-refractivity contribution in [2.75, 3.05) is 31.1 Å². The van der Waals surface area contributed by atoms with E-state index in [4.69, 9.17) is 0 Å². The molecule has 1 N–H and O–H groups in total. The minimum atomic E-state index is -0.681. The molecule has 1 atom stereocenters. The van der Waals surface area contributed by atoms with E-state index in [1.807, 2.05) is 62.1 Å². The Morgan fingerprint density at radius 1 is 1.09 bits per heavy atom. The van der Waals surface area contributed by atoms with Crippen LogP contribution in [0.4, 0.5) is 5.82 Å². The maximum atomic E-state index is 13.4. The lowest BCUT2D eigenvalue weighted by Gasteiger charge is -2.37. The number of carbonyl (C=O) groups excluding carboxylic acids is 2. The fourth-order valence-corrected chi connectivity index (χ4v) is 4.00. The first-order chi connectivity index (χ1) is 15.4. The van der Waals surface area contributed by atoms with Gasteiger partial charge in [0.15, 0.2) is 0 Å². The van der Waals surface area contributed by atoms with E-state index in [2.05, 4.69) is 25.3 Å². The largest absolute Gasteiger partial charge is 0.353 e. The molecule has 1 unspecified atom stereocenters. The molecule has 0 radical (unpaired) electrons. The standard InChI is InChI=1S/C23H29N7O2/c1-16(2)13-19(31)27-21(18-7-5-4-6-8-18)22(32)29-11-9-28(10-12-29)20-14-17(3)26-23-24-15-25-30(20)23/h4-8,14-16,21H,9-13H2,1-3H3,(H,27,31). The number of hydrogen-bond acceptors (Lipinski definition) is 6. The lowest BCUT2D eigenvalue weighted by Crippen LogP contribution is -2.52. The highest BCUT2D eigenvalue weighted by Gasteiger charge is 2.30. The summed E-state index contributed by atoms with van der Waals surface area (Å²) in [4.78, 5) is 38.5. The average molecular weight is 436 g/mol. The van der Waals surface area contributed by atoms with Gasteiger partial charge < -0.3 is 15.1 Å². The van der Waals surface area contributed by atoms with E-state index >= 15 is 0 Å². The van der Waals surface area contributed by atoms with Crippen LogP contribution in [0.2, 0.25) is 0 Å². The van der Waals surface area contributed by atoms with Crippen molar-refractivity contribution in [1.29, 1.82) is 0 Å². The van der Waals surface area contributed by atoms with Crippen molar-refractivity contribution >= 4 is 23.4 Å². The number of anilines is 1. The Balaban J connectivity index is 1.48. The van der Waals surface area contributed by atoms with Crippen LogP contribution in [0, 0.1) is 12.8 Å². The van der Waals surface area contributed by atoms with Crippen LogP contribution >= 0.6 is 0 Å². The monoisotopic (exact) mass is 435 g/mol. The van der Waals surface area contributed by atoms with Gasteiger partial charge in [-0.3, -0.25) is 9.59 Å². The van der Waals surface area contributed by atoms with Gasteiger partial charge >= 0.3 is 0 Å². The van der Waals surface area contributed by atoms with Crippen molar-refractivity contribution in [3.05, 3.63) is 54.0 Å². The van der Waals surface area contributed by atoms with E-state index in [9.17, 15) is 9.59 Å². The van der Waals surface area contributed by atoms with Gasteiger partial charge in [-0.15, -0.1) is 0 Å². The molecule has 32 heavy (non-hydrogen) atoms. The number of aromatic nitrogens is 4. The summed E-state index contributed by atoms with van der Waals surface area (Å²) in [5.74, 6) is 1.52. The van der Waals surface area contributed by atoms with Crippen LogP contribution in [0.3, 0.4) is 0 Å². The first-order valence-electron chi connectivity index (χ1n) is 11.0. The van der Waals surface area contributed by atoms with Gasteiger partial charge in [-0.25, -0.2) is 4.98 Å². The van der Waals surface area contributed by atoms with Gasteiger partial charge in [0, 0.05) is 44.4 Å². The van der Waals surface area contributed by atoms with Gasteiger partial charge in [-0.05, 0) is 18.4 Å². The third-order valence-electron chi connectivity index (χ3n) is 5.56. The number of nitrogens with zero attached hydrogens (tertiary/aromatic N) is 6. The zero-order chi connectivity index (χ0) is 22.7. The van der Waals surface area contributed by atoms with Gasteiger partial charge in [-0.1, -0.05) is 44.2 Å². The summed E-state index contributed by atoms with van der Waals surface area (Å²) in [5, 5.41) is 7.24. The molecule has 1 aliphatic rings. The van der Waals surface area contributed by atoms with E-state index in [1.165, 1.54) is 6.33 Å². The third-order valence-corrected chi connectivity index (χ3v) is 5.56. The number of amides is 2. The molecular formula is C23H29N7O2. The van der Waals surface area contributed by atoms with Crippen molar-refractivity contribution in [3.8, 4) is 0 Å². The Kier molecular flexibility index (Phi) is 6.34. The third kappa shape index (κ3) is 4.71. The molecule has 2 amide bonds. The fourth-order valence-electron chi connectivity index (χ4n) is 4.00. The summed E-state index contributed by atoms with van der Waals surface area (Å²) in [6.45, 7) is 8.34. The molecule has 1 saturated heterocycles. The summed E-state index contributed by atoms with van der Waals surface area (Å²) in [5.41, 5.74) is 1.67. The molecule has 0 saturated carbocycles. The molecular weight excluding hydrogens is 406 g/mol. The number of piperazine rings is 1. The van der Waals surface area contributed by atoms with Crippen LogP contribution in [-0.4, -0.2) is 62.5 Å². The molecule has 1 aromatic carbocycles. The maximum Gasteiger partial charge on any atom is 0.254 e. The van der Waals surface area contributed by atoms with Crippen molar-refractivity contribution < 1.29 is 9.59 Å². The van der Waals surface area contributed by atoms with Crippen LogP contribution in [-0.2, 0) is 9.59 Å². The second-order valence-electron chi connectivity index (χ2n) is 8.55. The first kappa shape index (κ1) is 21.7. The van der Waals surface area contributed by atoms with Gasteiger partial charge in [0.05, 0.1) is 0 Å². The van der Waals surface area contributed by atoms with Crippen LogP contribution in [0.25, 0.3) is 5.78 Å². The van der Waals surface area contributed by atoms with Crippen molar-refractivity contribution in [2.45, 2.75) is 33.2 Å². The molecule has 168 valence electrons. The quantitative estimate of drug-likeness (QED) is 0.636. The van der Waals surface area contributed by atoms with Crippen LogP contribution in [0.1, 0.15) is 37.6 Å². The Morgan fingerprint density at radius 3 is 2.50 bits per heavy atom. The lowest BCUT2D eigenvalue weighted by atomic mass is 10.0. The Morgan fingerprint density at radius 2 is 1.81 bits per heavy atom. The van der Waals surface area contributed by atoms with Gasteiger partial charge in [0.2, 0.25) is 11.8 Å². The summed E-state index contributed by atoms with van der Waals surface area (Å²) in [6.07, 6.45) is 1.88. The van der Waals surface area contributed by atoms with Crippen molar-refractivity contribution in [3.63, 3.8) is 0 Å². The molecule has 0 bridgehead atoms. The molecule has 0 aliphatic carbocycles. The number of benzene rings is 1. The number of nitrogens with one attached hydrogen (secondary N) is 1. The van der Waals surface area contributed by atoms with Crippen LogP contribution in [0.15, 0.2) is 42.7 Å². The Labute approximate surface area is 187 Å². The van der Waals surface area contributed by atoms with Crippen LogP contribution in [0.5, 0.6) is 0 Å². The second kappa shape index (κ2) is 9.33. The molecule has 1 aliphatic heterocycles. The SMILES string of the molecule is Cc1cc(N2CCN(C(=O)C(NC(=O)CC(C)C)c3ccccc3)CC2)n2ncnc2n1. The molecule has 3 heterocycles. The summed E-state index contributed by atoms with van der Waals surface area (Å²) >= 11 is 0. The summed E-state index contributed by atoms with van der Waals surface area (Å²) in [6, 6.07) is 10.7. The minimum Gasteiger partial charge on any atom is -0.353 e. The van der Waals surface area contributed by atoms with Gasteiger partial charge in [0.1, 0.15) is 18.2 Å². The summed E-state index contributed by atoms with van der Waals surface area (Å²) in [7, 11) is 0. The zero-order valence-electron chi connectivity index (χ0n) is 18.7. The minimum absolute atomic E-state index is 0.0789.